The first-order valence-electron chi connectivity index (χ1n) is 11.4. The van der Waals surface area contributed by atoms with Crippen molar-refractivity contribution in [3.8, 4) is 0 Å². The SMILES string of the molecule is CCC[C@H](C(N)=O)[C@@H](CC(C)C)C(=O)N1CCC(C(=O)CC)(c2ccccc2)CC1. The van der Waals surface area contributed by atoms with Gasteiger partial charge in [-0.05, 0) is 37.2 Å². The van der Waals surface area contributed by atoms with Crippen molar-refractivity contribution in [2.24, 2.45) is 23.5 Å². The number of nitrogens with two attached hydrogens (primary N) is 1. The smallest absolute Gasteiger partial charge is 0.226 e. The number of benzene rings is 1. The molecule has 0 aromatic heterocycles. The highest BCUT2D eigenvalue weighted by Gasteiger charge is 2.44. The molecule has 0 aliphatic carbocycles. The molecule has 166 valence electrons. The minimum absolute atomic E-state index is 0.0200. The third-order valence-corrected chi connectivity index (χ3v) is 6.60. The lowest BCUT2D eigenvalue weighted by Crippen LogP contribution is -2.51. The molecule has 2 rings (SSSR count). The average molecular weight is 415 g/mol. The Morgan fingerprint density at radius 3 is 2.10 bits per heavy atom. The summed E-state index contributed by atoms with van der Waals surface area (Å²) < 4.78 is 0. The Labute approximate surface area is 181 Å². The summed E-state index contributed by atoms with van der Waals surface area (Å²) in [6.07, 6.45) is 3.84. The molecule has 0 saturated carbocycles. The number of nitrogens with zero attached hydrogens (tertiary/aromatic N) is 1. The van der Waals surface area contributed by atoms with Crippen LogP contribution in [0.4, 0.5) is 0 Å². The zero-order chi connectivity index (χ0) is 22.3. The minimum atomic E-state index is -0.521. The van der Waals surface area contributed by atoms with Crippen molar-refractivity contribution in [1.29, 1.82) is 0 Å². The normalized spacial score (nSPS) is 18.1. The predicted molar refractivity (Wildman–Crippen MR) is 120 cm³/mol. The van der Waals surface area contributed by atoms with E-state index in [4.69, 9.17) is 5.73 Å². The molecule has 1 aliphatic rings. The van der Waals surface area contributed by atoms with Crippen molar-refractivity contribution in [2.45, 2.75) is 71.6 Å². The Hall–Kier alpha value is -2.17. The van der Waals surface area contributed by atoms with Gasteiger partial charge in [-0.25, -0.2) is 0 Å². The third-order valence-electron chi connectivity index (χ3n) is 6.60. The van der Waals surface area contributed by atoms with Gasteiger partial charge in [-0.1, -0.05) is 64.4 Å². The summed E-state index contributed by atoms with van der Waals surface area (Å²) in [4.78, 5) is 40.4. The molecule has 0 radical (unpaired) electrons. The third kappa shape index (κ3) is 5.30. The number of rotatable bonds is 10. The molecule has 2 amide bonds. The number of hydrogen-bond acceptors (Lipinski definition) is 3. The molecule has 5 heteroatoms. The summed E-state index contributed by atoms with van der Waals surface area (Å²) in [7, 11) is 0. The molecule has 5 nitrogen and oxygen atoms in total. The second-order valence-corrected chi connectivity index (χ2v) is 9.08. The summed E-state index contributed by atoms with van der Waals surface area (Å²) in [6, 6.07) is 9.95. The maximum Gasteiger partial charge on any atom is 0.226 e. The zero-order valence-corrected chi connectivity index (χ0v) is 19.0. The molecule has 1 aromatic rings. The summed E-state index contributed by atoms with van der Waals surface area (Å²) in [5.41, 5.74) is 6.21. The second-order valence-electron chi connectivity index (χ2n) is 9.08. The Morgan fingerprint density at radius 1 is 1.03 bits per heavy atom. The topological polar surface area (TPSA) is 80.5 Å². The molecular weight excluding hydrogens is 376 g/mol. The highest BCUT2D eigenvalue weighted by molar-refractivity contribution is 5.91. The fourth-order valence-electron chi connectivity index (χ4n) is 4.97. The van der Waals surface area contributed by atoms with Gasteiger partial charge < -0.3 is 10.6 Å². The van der Waals surface area contributed by atoms with Crippen molar-refractivity contribution in [2.75, 3.05) is 13.1 Å². The van der Waals surface area contributed by atoms with E-state index in [1.54, 1.807) is 0 Å². The van der Waals surface area contributed by atoms with Crippen LogP contribution < -0.4 is 5.73 Å². The van der Waals surface area contributed by atoms with Crippen LogP contribution in [-0.2, 0) is 19.8 Å². The fraction of sp³-hybridized carbons (Fsp3) is 0.640. The first-order chi connectivity index (χ1) is 14.3. The van der Waals surface area contributed by atoms with E-state index in [0.717, 1.165) is 12.0 Å². The van der Waals surface area contributed by atoms with Gasteiger partial charge in [0.25, 0.3) is 0 Å². The highest BCUT2D eigenvalue weighted by Crippen LogP contribution is 2.38. The number of primary amides is 1. The van der Waals surface area contributed by atoms with Gasteiger partial charge in [0.1, 0.15) is 5.78 Å². The lowest BCUT2D eigenvalue weighted by Gasteiger charge is -2.42. The molecule has 30 heavy (non-hydrogen) atoms. The Morgan fingerprint density at radius 2 is 1.63 bits per heavy atom. The van der Waals surface area contributed by atoms with Gasteiger partial charge in [-0.2, -0.15) is 0 Å². The molecule has 1 aliphatic heterocycles. The number of carbonyl (C=O) groups excluding carboxylic acids is 3. The summed E-state index contributed by atoms with van der Waals surface area (Å²) >= 11 is 0. The average Bonchev–Trinajstić information content (AvgIpc) is 2.75. The van der Waals surface area contributed by atoms with Crippen LogP contribution in [0.1, 0.15) is 71.8 Å². The van der Waals surface area contributed by atoms with Gasteiger partial charge in [0, 0.05) is 31.3 Å². The number of carbonyl (C=O) groups is 3. The first kappa shape index (κ1) is 24.1. The van der Waals surface area contributed by atoms with Crippen molar-refractivity contribution < 1.29 is 14.4 Å². The molecule has 0 unspecified atom stereocenters. The molecule has 1 aromatic carbocycles. The molecule has 2 N–H and O–H groups in total. The van der Waals surface area contributed by atoms with Crippen LogP contribution in [0.5, 0.6) is 0 Å². The summed E-state index contributed by atoms with van der Waals surface area (Å²) in [5.74, 6) is -0.635. The molecule has 0 bridgehead atoms. The number of piperidine rings is 1. The van der Waals surface area contributed by atoms with E-state index in [0.29, 0.717) is 51.1 Å². The van der Waals surface area contributed by atoms with Gasteiger partial charge in [-0.3, -0.25) is 14.4 Å². The van der Waals surface area contributed by atoms with Crippen LogP contribution in [0.15, 0.2) is 30.3 Å². The van der Waals surface area contributed by atoms with E-state index in [-0.39, 0.29) is 23.5 Å². The van der Waals surface area contributed by atoms with Crippen molar-refractivity contribution in [1.82, 2.24) is 4.90 Å². The number of hydrogen-bond donors (Lipinski definition) is 1. The van der Waals surface area contributed by atoms with Gasteiger partial charge in [0.05, 0.1) is 5.41 Å². The second kappa shape index (κ2) is 10.7. The molecule has 1 fully saturated rings. The van der Waals surface area contributed by atoms with Crippen molar-refractivity contribution in [3.05, 3.63) is 35.9 Å². The molecule has 2 atom stereocenters. The summed E-state index contributed by atoms with van der Waals surface area (Å²) in [6.45, 7) is 9.13. The van der Waals surface area contributed by atoms with Crippen LogP contribution in [0.2, 0.25) is 0 Å². The lowest BCUT2D eigenvalue weighted by molar-refractivity contribution is -0.144. The van der Waals surface area contributed by atoms with E-state index < -0.39 is 11.3 Å². The van der Waals surface area contributed by atoms with E-state index in [1.165, 1.54) is 0 Å². The molecule has 0 spiro atoms. The van der Waals surface area contributed by atoms with Crippen molar-refractivity contribution in [3.63, 3.8) is 0 Å². The van der Waals surface area contributed by atoms with Crippen LogP contribution in [0, 0.1) is 17.8 Å². The Balaban J connectivity index is 2.23. The minimum Gasteiger partial charge on any atom is -0.369 e. The van der Waals surface area contributed by atoms with Crippen LogP contribution in [0.25, 0.3) is 0 Å². The number of likely N-dealkylation sites (tertiary alicyclic amines) is 1. The maximum atomic E-state index is 13.5. The summed E-state index contributed by atoms with van der Waals surface area (Å²) in [5, 5.41) is 0. The van der Waals surface area contributed by atoms with Gasteiger partial charge in [0.15, 0.2) is 0 Å². The van der Waals surface area contributed by atoms with E-state index in [2.05, 4.69) is 13.8 Å². The predicted octanol–water partition coefficient (Wildman–Crippen LogP) is 4.09. The molecule has 1 saturated heterocycles. The molecular formula is C25H38N2O3. The quantitative estimate of drug-likeness (QED) is 0.626. The van der Waals surface area contributed by atoms with Crippen LogP contribution in [0.3, 0.4) is 0 Å². The molecule has 1 heterocycles. The van der Waals surface area contributed by atoms with Gasteiger partial charge in [0.2, 0.25) is 11.8 Å². The highest BCUT2D eigenvalue weighted by atomic mass is 16.2. The maximum absolute atomic E-state index is 13.5. The number of amides is 2. The number of Topliss-reactive ketones (excluding diaryl/α,β-unsaturated/α-hetero) is 1. The lowest BCUT2D eigenvalue weighted by atomic mass is 9.68. The van der Waals surface area contributed by atoms with Crippen LogP contribution >= 0.6 is 0 Å². The van der Waals surface area contributed by atoms with Gasteiger partial charge in [-0.15, -0.1) is 0 Å². The standard InChI is InChI=1S/C25H38N2O3/c1-5-10-20(23(26)29)21(17-18(3)4)24(30)27-15-13-25(14-16-27,22(28)6-2)19-11-8-7-9-12-19/h7-9,11-12,18,20-21H,5-6,10,13-17H2,1-4H3,(H2,26,29)/t20-,21+/m0/s1. The Kier molecular flexibility index (Phi) is 8.63. The largest absolute Gasteiger partial charge is 0.369 e. The zero-order valence-electron chi connectivity index (χ0n) is 19.0. The number of ketones is 1. The van der Waals surface area contributed by atoms with E-state index >= 15 is 0 Å². The monoisotopic (exact) mass is 414 g/mol. The van der Waals surface area contributed by atoms with Gasteiger partial charge >= 0.3 is 0 Å². The fourth-order valence-corrected chi connectivity index (χ4v) is 4.97. The van der Waals surface area contributed by atoms with E-state index in [9.17, 15) is 14.4 Å². The van der Waals surface area contributed by atoms with Crippen molar-refractivity contribution >= 4 is 17.6 Å². The van der Waals surface area contributed by atoms with E-state index in [1.807, 2.05) is 49.1 Å². The Bertz CT molecular complexity index is 721. The van der Waals surface area contributed by atoms with Crippen LogP contribution in [-0.4, -0.2) is 35.6 Å². The first-order valence-corrected chi connectivity index (χ1v) is 11.4.